The molecule has 0 heterocycles. The van der Waals surface area contributed by atoms with Crippen molar-refractivity contribution in [2.45, 2.75) is 18.9 Å². The minimum atomic E-state index is -0.667. The minimum absolute atomic E-state index is 0.214. The number of halogens is 2. The van der Waals surface area contributed by atoms with Gasteiger partial charge in [0.05, 0.1) is 23.4 Å². The van der Waals surface area contributed by atoms with Crippen LogP contribution in [0.3, 0.4) is 0 Å². The van der Waals surface area contributed by atoms with Crippen LogP contribution in [0.25, 0.3) is 0 Å². The van der Waals surface area contributed by atoms with Gasteiger partial charge in [0.25, 0.3) is 0 Å². The van der Waals surface area contributed by atoms with Crippen LogP contribution in [0.1, 0.15) is 12.8 Å². The Morgan fingerprint density at radius 3 is 2.94 bits per heavy atom. The Hall–Kier alpha value is -0.840. The third kappa shape index (κ3) is 4.12. The van der Waals surface area contributed by atoms with E-state index in [-0.39, 0.29) is 18.8 Å². The number of ether oxygens (including phenoxy) is 1. The topological polar surface area (TPSA) is 41.5 Å². The molecule has 1 unspecified atom stereocenters. The summed E-state index contributed by atoms with van der Waals surface area (Å²) in [5.74, 6) is 0.250. The molecule has 5 heteroatoms. The predicted octanol–water partition coefficient (Wildman–Crippen LogP) is 2.68. The summed E-state index contributed by atoms with van der Waals surface area (Å²) in [6.45, 7) is 1.18. The fourth-order valence-electron chi connectivity index (χ4n) is 1.60. The van der Waals surface area contributed by atoms with Crippen LogP contribution in [-0.4, -0.2) is 31.0 Å². The number of rotatable bonds is 7. The zero-order valence-electron chi connectivity index (χ0n) is 10.0. The van der Waals surface area contributed by atoms with Gasteiger partial charge in [-0.15, -0.1) is 0 Å². The molecule has 18 heavy (non-hydrogen) atoms. The maximum atomic E-state index is 13.4. The molecule has 2 N–H and O–H groups in total. The van der Waals surface area contributed by atoms with E-state index in [1.54, 1.807) is 6.07 Å². The second kappa shape index (κ2) is 6.36. The molecule has 0 spiro atoms. The van der Waals surface area contributed by atoms with E-state index < -0.39 is 11.9 Å². The number of hydrogen-bond donors (Lipinski definition) is 2. The Morgan fingerprint density at radius 2 is 2.28 bits per heavy atom. The Labute approximate surface area is 111 Å². The first-order valence-corrected chi connectivity index (χ1v) is 6.48. The summed E-state index contributed by atoms with van der Waals surface area (Å²) in [6, 6.07) is 4.46. The fourth-order valence-corrected chi connectivity index (χ4v) is 1.83. The first-order chi connectivity index (χ1) is 8.66. The van der Waals surface area contributed by atoms with Gasteiger partial charge in [0.1, 0.15) is 5.82 Å². The van der Waals surface area contributed by atoms with E-state index in [1.165, 1.54) is 25.0 Å². The van der Waals surface area contributed by atoms with Gasteiger partial charge in [0.15, 0.2) is 0 Å². The third-order valence-electron chi connectivity index (χ3n) is 2.84. The van der Waals surface area contributed by atoms with Crippen molar-refractivity contribution in [3.05, 3.63) is 29.0 Å². The quantitative estimate of drug-likeness (QED) is 0.803. The maximum absolute atomic E-state index is 13.4. The van der Waals surface area contributed by atoms with Crippen molar-refractivity contribution in [2.24, 2.45) is 5.92 Å². The van der Waals surface area contributed by atoms with Crippen LogP contribution in [0.15, 0.2) is 18.2 Å². The van der Waals surface area contributed by atoms with E-state index in [2.05, 4.69) is 5.32 Å². The number of aliphatic hydroxyl groups excluding tert-OH is 1. The first kappa shape index (κ1) is 13.6. The molecule has 3 nitrogen and oxygen atoms in total. The monoisotopic (exact) mass is 273 g/mol. The van der Waals surface area contributed by atoms with Gasteiger partial charge in [-0.05, 0) is 30.9 Å². The minimum Gasteiger partial charge on any atom is -0.389 e. The number of para-hydroxylation sites is 1. The van der Waals surface area contributed by atoms with Crippen molar-refractivity contribution in [1.29, 1.82) is 0 Å². The number of hydrogen-bond acceptors (Lipinski definition) is 3. The average molecular weight is 274 g/mol. The van der Waals surface area contributed by atoms with Gasteiger partial charge >= 0.3 is 0 Å². The molecule has 0 saturated heterocycles. The number of aliphatic hydroxyl groups is 1. The van der Waals surface area contributed by atoms with Crippen molar-refractivity contribution in [2.75, 3.05) is 25.1 Å². The van der Waals surface area contributed by atoms with Crippen LogP contribution in [0, 0.1) is 11.7 Å². The van der Waals surface area contributed by atoms with E-state index in [1.807, 2.05) is 0 Å². The molecule has 0 aliphatic heterocycles. The summed E-state index contributed by atoms with van der Waals surface area (Å²) in [5.41, 5.74) is 0.223. The molecular formula is C13H17ClFNO2. The van der Waals surface area contributed by atoms with Gasteiger partial charge in [-0.2, -0.15) is 0 Å². The van der Waals surface area contributed by atoms with E-state index in [4.69, 9.17) is 16.3 Å². The van der Waals surface area contributed by atoms with Crippen LogP contribution >= 0.6 is 11.6 Å². The molecular weight excluding hydrogens is 257 g/mol. The highest BCUT2D eigenvalue weighted by Crippen LogP contribution is 2.28. The molecule has 0 bridgehead atoms. The molecule has 0 aromatic heterocycles. The zero-order chi connectivity index (χ0) is 13.0. The van der Waals surface area contributed by atoms with Crippen LogP contribution < -0.4 is 5.32 Å². The summed E-state index contributed by atoms with van der Waals surface area (Å²) >= 11 is 5.85. The highest BCUT2D eigenvalue weighted by molar-refractivity contribution is 6.33. The van der Waals surface area contributed by atoms with E-state index in [9.17, 15) is 9.50 Å². The largest absolute Gasteiger partial charge is 0.389 e. The second-order valence-electron chi connectivity index (χ2n) is 4.61. The SMILES string of the molecule is OC(CNc1c(F)cccc1Cl)COCC1CC1. The highest BCUT2D eigenvalue weighted by atomic mass is 35.5. The summed E-state index contributed by atoms with van der Waals surface area (Å²) in [7, 11) is 0. The summed E-state index contributed by atoms with van der Waals surface area (Å²) in [4.78, 5) is 0. The van der Waals surface area contributed by atoms with Crippen LogP contribution in [0.5, 0.6) is 0 Å². The molecule has 100 valence electrons. The van der Waals surface area contributed by atoms with Crippen LogP contribution in [-0.2, 0) is 4.74 Å². The first-order valence-electron chi connectivity index (χ1n) is 6.10. The lowest BCUT2D eigenvalue weighted by Crippen LogP contribution is -2.25. The van der Waals surface area contributed by atoms with Crippen molar-refractivity contribution < 1.29 is 14.2 Å². The molecule has 1 fully saturated rings. The molecule has 1 aliphatic carbocycles. The van der Waals surface area contributed by atoms with Gasteiger partial charge < -0.3 is 15.2 Å². The molecule has 0 radical (unpaired) electrons. The van der Waals surface area contributed by atoms with Crippen LogP contribution in [0.4, 0.5) is 10.1 Å². The number of anilines is 1. The van der Waals surface area contributed by atoms with Gasteiger partial charge in [-0.25, -0.2) is 4.39 Å². The zero-order valence-corrected chi connectivity index (χ0v) is 10.8. The summed E-state index contributed by atoms with van der Waals surface area (Å²) < 4.78 is 18.8. The predicted molar refractivity (Wildman–Crippen MR) is 69.4 cm³/mol. The van der Waals surface area contributed by atoms with Gasteiger partial charge in [-0.3, -0.25) is 0 Å². The van der Waals surface area contributed by atoms with Gasteiger partial charge in [-0.1, -0.05) is 17.7 Å². The lowest BCUT2D eigenvalue weighted by molar-refractivity contribution is 0.0386. The summed E-state index contributed by atoms with van der Waals surface area (Å²) in [6.07, 6.45) is 1.78. The van der Waals surface area contributed by atoms with Crippen molar-refractivity contribution in [1.82, 2.24) is 0 Å². The second-order valence-corrected chi connectivity index (χ2v) is 5.02. The average Bonchev–Trinajstić information content (AvgIpc) is 3.12. The fraction of sp³-hybridized carbons (Fsp3) is 0.538. The van der Waals surface area contributed by atoms with Crippen LogP contribution in [0.2, 0.25) is 5.02 Å². The van der Waals surface area contributed by atoms with E-state index in [0.717, 1.165) is 0 Å². The number of benzene rings is 1. The van der Waals surface area contributed by atoms with Crippen molar-refractivity contribution in [3.8, 4) is 0 Å². The third-order valence-corrected chi connectivity index (χ3v) is 3.15. The molecule has 1 aromatic carbocycles. The molecule has 1 aromatic rings. The molecule has 2 rings (SSSR count). The van der Waals surface area contributed by atoms with Crippen molar-refractivity contribution in [3.63, 3.8) is 0 Å². The maximum Gasteiger partial charge on any atom is 0.147 e. The Morgan fingerprint density at radius 1 is 1.50 bits per heavy atom. The summed E-state index contributed by atoms with van der Waals surface area (Å²) in [5, 5.41) is 12.8. The Balaban J connectivity index is 1.72. The Bertz CT molecular complexity index is 378. The normalized spacial score (nSPS) is 16.6. The lowest BCUT2D eigenvalue weighted by Gasteiger charge is -2.14. The molecule has 0 amide bonds. The van der Waals surface area contributed by atoms with Gasteiger partial charge in [0, 0.05) is 13.2 Å². The molecule has 1 saturated carbocycles. The van der Waals surface area contributed by atoms with E-state index in [0.29, 0.717) is 17.5 Å². The molecule has 1 atom stereocenters. The van der Waals surface area contributed by atoms with E-state index >= 15 is 0 Å². The highest BCUT2D eigenvalue weighted by Gasteiger charge is 2.21. The van der Waals surface area contributed by atoms with Crippen molar-refractivity contribution >= 4 is 17.3 Å². The number of nitrogens with one attached hydrogen (secondary N) is 1. The smallest absolute Gasteiger partial charge is 0.147 e. The molecule has 1 aliphatic rings. The standard InChI is InChI=1S/C13H17ClFNO2/c14-11-2-1-3-12(15)13(11)16-6-10(17)8-18-7-9-4-5-9/h1-3,9-10,16-17H,4-8H2. The lowest BCUT2D eigenvalue weighted by atomic mass is 10.3. The Kier molecular flexibility index (Phi) is 4.80. The van der Waals surface area contributed by atoms with Gasteiger partial charge in [0.2, 0.25) is 0 Å².